The van der Waals surface area contributed by atoms with Gasteiger partial charge in [-0.15, -0.1) is 0 Å². The van der Waals surface area contributed by atoms with Gasteiger partial charge >= 0.3 is 0 Å². The van der Waals surface area contributed by atoms with Crippen LogP contribution in [0.3, 0.4) is 0 Å². The quantitative estimate of drug-likeness (QED) is 0.866. The summed E-state index contributed by atoms with van der Waals surface area (Å²) < 4.78 is 40.2. The molecule has 1 aromatic carbocycles. The number of nitrogens with one attached hydrogen (secondary N) is 1. The van der Waals surface area contributed by atoms with Crippen LogP contribution in [-0.2, 0) is 23.1 Å². The molecule has 1 heterocycles. The topological polar surface area (TPSA) is 85.1 Å². The third-order valence-electron chi connectivity index (χ3n) is 2.74. The number of nitrogens with two attached hydrogens (primary N) is 1. The van der Waals surface area contributed by atoms with Crippen LogP contribution in [0.2, 0.25) is 0 Å². The Hall–Kier alpha value is -1.83. The summed E-state index contributed by atoms with van der Waals surface area (Å²) in [6, 6.07) is 7.18. The van der Waals surface area contributed by atoms with Gasteiger partial charge in [0.25, 0.3) is 0 Å². The Balaban J connectivity index is 2.18. The van der Waals surface area contributed by atoms with E-state index in [9.17, 15) is 12.8 Å². The number of pyridine rings is 1. The van der Waals surface area contributed by atoms with Gasteiger partial charge in [0.15, 0.2) is 0 Å². The second kappa shape index (κ2) is 6.08. The Kier molecular flexibility index (Phi) is 4.43. The number of rotatable bonds is 5. The molecule has 1 aromatic heterocycles. The fourth-order valence-electron chi connectivity index (χ4n) is 1.65. The van der Waals surface area contributed by atoms with Crippen LogP contribution in [0.4, 0.5) is 4.39 Å². The Morgan fingerprint density at radius 3 is 2.45 bits per heavy atom. The van der Waals surface area contributed by atoms with Crippen LogP contribution >= 0.6 is 0 Å². The lowest BCUT2D eigenvalue weighted by Gasteiger charge is -2.08. The third-order valence-corrected chi connectivity index (χ3v) is 4.17. The maximum Gasteiger partial charge on any atom is 0.243 e. The van der Waals surface area contributed by atoms with Gasteiger partial charge in [-0.25, -0.2) is 17.5 Å². The lowest BCUT2D eigenvalue weighted by molar-refractivity contribution is 0.556. The summed E-state index contributed by atoms with van der Waals surface area (Å²) >= 11 is 0. The molecule has 0 aliphatic carbocycles. The van der Waals surface area contributed by atoms with Crippen molar-refractivity contribution in [2.24, 2.45) is 5.73 Å². The van der Waals surface area contributed by atoms with Crippen LogP contribution in [0, 0.1) is 5.82 Å². The minimum absolute atomic E-state index is 0.0724. The zero-order chi connectivity index (χ0) is 14.6. The molecule has 3 N–H and O–H groups in total. The van der Waals surface area contributed by atoms with Crippen molar-refractivity contribution in [3.05, 3.63) is 59.7 Å². The first kappa shape index (κ1) is 14.6. The molecule has 2 rings (SSSR count). The molecule has 5 nitrogen and oxygen atoms in total. The lowest BCUT2D eigenvalue weighted by atomic mass is 10.2. The van der Waals surface area contributed by atoms with Gasteiger partial charge in [-0.2, -0.15) is 0 Å². The van der Waals surface area contributed by atoms with Crippen molar-refractivity contribution in [1.82, 2.24) is 9.71 Å². The normalized spacial score (nSPS) is 11.5. The zero-order valence-electron chi connectivity index (χ0n) is 10.6. The smallest absolute Gasteiger partial charge is 0.243 e. The molecule has 2 aromatic rings. The highest BCUT2D eigenvalue weighted by molar-refractivity contribution is 7.89. The number of hydrogen-bond donors (Lipinski definition) is 2. The standard InChI is InChI=1S/C13H14FN3O2S/c14-12-7-11(8-15)1-2-13(12)20(18,19)17-9-10-3-5-16-6-4-10/h1-7,17H,8-9,15H2. The van der Waals surface area contributed by atoms with E-state index in [0.29, 0.717) is 5.56 Å². The van der Waals surface area contributed by atoms with E-state index >= 15 is 0 Å². The van der Waals surface area contributed by atoms with Gasteiger partial charge in [0.05, 0.1) is 0 Å². The number of nitrogens with zero attached hydrogens (tertiary/aromatic N) is 1. The Morgan fingerprint density at radius 2 is 1.85 bits per heavy atom. The van der Waals surface area contributed by atoms with Gasteiger partial charge in [-0.1, -0.05) is 6.07 Å². The molecular weight excluding hydrogens is 281 g/mol. The van der Waals surface area contributed by atoms with Crippen molar-refractivity contribution < 1.29 is 12.8 Å². The van der Waals surface area contributed by atoms with Crippen molar-refractivity contribution in [1.29, 1.82) is 0 Å². The molecule has 106 valence electrons. The van der Waals surface area contributed by atoms with E-state index in [4.69, 9.17) is 5.73 Å². The highest BCUT2D eigenvalue weighted by Crippen LogP contribution is 2.16. The number of halogens is 1. The van der Waals surface area contributed by atoms with Crippen molar-refractivity contribution in [3.63, 3.8) is 0 Å². The number of benzene rings is 1. The summed E-state index contributed by atoms with van der Waals surface area (Å²) in [5, 5.41) is 0. The van der Waals surface area contributed by atoms with E-state index < -0.39 is 15.8 Å². The predicted octanol–water partition coefficient (Wildman–Crippen LogP) is 1.16. The van der Waals surface area contributed by atoms with Crippen LogP contribution in [0.15, 0.2) is 47.6 Å². The molecule has 0 atom stereocenters. The van der Waals surface area contributed by atoms with E-state index in [1.165, 1.54) is 12.1 Å². The van der Waals surface area contributed by atoms with E-state index in [2.05, 4.69) is 9.71 Å². The molecule has 0 unspecified atom stereocenters. The maximum atomic E-state index is 13.8. The molecule has 0 saturated heterocycles. The minimum Gasteiger partial charge on any atom is -0.326 e. The van der Waals surface area contributed by atoms with Crippen LogP contribution in [-0.4, -0.2) is 13.4 Å². The van der Waals surface area contributed by atoms with Crippen molar-refractivity contribution in [2.45, 2.75) is 18.0 Å². The van der Waals surface area contributed by atoms with Crippen LogP contribution < -0.4 is 10.5 Å². The van der Waals surface area contributed by atoms with Gasteiger partial charge < -0.3 is 5.73 Å². The summed E-state index contributed by atoms with van der Waals surface area (Å²) in [5.74, 6) is -0.810. The van der Waals surface area contributed by atoms with Crippen molar-refractivity contribution in [2.75, 3.05) is 0 Å². The SMILES string of the molecule is NCc1ccc(S(=O)(=O)NCc2ccncc2)c(F)c1. The molecular formula is C13H14FN3O2S. The van der Waals surface area contributed by atoms with Crippen LogP contribution in [0.25, 0.3) is 0 Å². The van der Waals surface area contributed by atoms with Gasteiger partial charge in [-0.3, -0.25) is 4.98 Å². The molecule has 0 saturated carbocycles. The molecule has 7 heteroatoms. The molecule has 0 spiro atoms. The summed E-state index contributed by atoms with van der Waals surface area (Å²) in [5.41, 5.74) is 6.65. The second-order valence-corrected chi connectivity index (χ2v) is 5.88. The molecule has 20 heavy (non-hydrogen) atoms. The van der Waals surface area contributed by atoms with E-state index in [-0.39, 0.29) is 18.0 Å². The van der Waals surface area contributed by atoms with Crippen LogP contribution in [0.5, 0.6) is 0 Å². The van der Waals surface area contributed by atoms with Crippen LogP contribution in [0.1, 0.15) is 11.1 Å². The second-order valence-electron chi connectivity index (χ2n) is 4.15. The fraction of sp³-hybridized carbons (Fsp3) is 0.154. The lowest BCUT2D eigenvalue weighted by Crippen LogP contribution is -2.24. The van der Waals surface area contributed by atoms with E-state index in [1.54, 1.807) is 24.5 Å². The first-order valence-electron chi connectivity index (χ1n) is 5.90. The fourth-order valence-corrected chi connectivity index (χ4v) is 2.72. The summed E-state index contributed by atoms with van der Waals surface area (Å²) in [7, 11) is -3.90. The molecule has 0 amide bonds. The predicted molar refractivity (Wildman–Crippen MR) is 72.6 cm³/mol. The average molecular weight is 295 g/mol. The van der Waals surface area contributed by atoms with Gasteiger partial charge in [0.1, 0.15) is 10.7 Å². The van der Waals surface area contributed by atoms with E-state index in [0.717, 1.165) is 11.6 Å². The molecule has 0 aliphatic rings. The summed E-state index contributed by atoms with van der Waals surface area (Å²) in [4.78, 5) is 3.45. The zero-order valence-corrected chi connectivity index (χ0v) is 11.4. The molecule has 0 bridgehead atoms. The largest absolute Gasteiger partial charge is 0.326 e. The number of hydrogen-bond acceptors (Lipinski definition) is 4. The minimum atomic E-state index is -3.90. The van der Waals surface area contributed by atoms with E-state index in [1.807, 2.05) is 0 Å². The number of aromatic nitrogens is 1. The average Bonchev–Trinajstić information content (AvgIpc) is 2.46. The third kappa shape index (κ3) is 3.38. The molecule has 0 aliphatic heterocycles. The molecule has 0 fully saturated rings. The van der Waals surface area contributed by atoms with Crippen molar-refractivity contribution in [3.8, 4) is 0 Å². The summed E-state index contributed by atoms with van der Waals surface area (Å²) in [6.45, 7) is 0.227. The maximum absolute atomic E-state index is 13.8. The van der Waals surface area contributed by atoms with Gasteiger partial charge in [0.2, 0.25) is 10.0 Å². The highest BCUT2D eigenvalue weighted by Gasteiger charge is 2.18. The summed E-state index contributed by atoms with van der Waals surface area (Å²) in [6.07, 6.45) is 3.11. The monoisotopic (exact) mass is 295 g/mol. The van der Waals surface area contributed by atoms with Crippen molar-refractivity contribution >= 4 is 10.0 Å². The highest BCUT2D eigenvalue weighted by atomic mass is 32.2. The Bertz CT molecular complexity index is 690. The Morgan fingerprint density at radius 1 is 1.15 bits per heavy atom. The molecule has 0 radical (unpaired) electrons. The van der Waals surface area contributed by atoms with Gasteiger partial charge in [-0.05, 0) is 35.4 Å². The van der Waals surface area contributed by atoms with Gasteiger partial charge in [0, 0.05) is 25.5 Å². The Labute approximate surface area is 116 Å². The first-order chi connectivity index (χ1) is 9.53. The number of sulfonamides is 1. The first-order valence-corrected chi connectivity index (χ1v) is 7.38.